The highest BCUT2D eigenvalue weighted by Gasteiger charge is 2.40. The van der Waals surface area contributed by atoms with Crippen LogP contribution in [0, 0.1) is 0 Å². The molecule has 1 aliphatic heterocycles. The molecule has 0 amide bonds. The first-order chi connectivity index (χ1) is 6.05. The van der Waals surface area contributed by atoms with Crippen molar-refractivity contribution in [3.8, 4) is 0 Å². The summed E-state index contributed by atoms with van der Waals surface area (Å²) in [6, 6.07) is 0. The molecule has 1 fully saturated rings. The number of cyclic esters (lactones) is 1. The van der Waals surface area contributed by atoms with Gasteiger partial charge in [0.25, 0.3) is 0 Å². The first-order valence-corrected chi connectivity index (χ1v) is 5.69. The Bertz CT molecular complexity index is 191. The van der Waals surface area contributed by atoms with Crippen LogP contribution >= 0.6 is 11.8 Å². The molecule has 0 aromatic rings. The van der Waals surface area contributed by atoms with Gasteiger partial charge in [0, 0.05) is 13.8 Å². The summed E-state index contributed by atoms with van der Waals surface area (Å²) < 4.78 is 10.4. The van der Waals surface area contributed by atoms with E-state index >= 15 is 0 Å². The molecule has 4 heteroatoms. The van der Waals surface area contributed by atoms with Crippen LogP contribution in [0.4, 0.5) is 0 Å². The zero-order valence-electron chi connectivity index (χ0n) is 8.33. The van der Waals surface area contributed by atoms with Crippen molar-refractivity contribution in [2.45, 2.75) is 39.1 Å². The molecular weight excluding hydrogens is 188 g/mol. The predicted molar refractivity (Wildman–Crippen MR) is 52.7 cm³/mol. The third-order valence-electron chi connectivity index (χ3n) is 1.76. The SMILES string of the molecule is CCSCC[C@H]1OC(C)(C)OC1=O. The third-order valence-corrected chi connectivity index (χ3v) is 2.70. The maximum Gasteiger partial charge on any atom is 0.337 e. The van der Waals surface area contributed by atoms with Crippen molar-refractivity contribution < 1.29 is 14.3 Å². The van der Waals surface area contributed by atoms with Gasteiger partial charge in [-0.15, -0.1) is 0 Å². The Balaban J connectivity index is 2.31. The van der Waals surface area contributed by atoms with Crippen LogP contribution in [-0.2, 0) is 14.3 Å². The highest BCUT2D eigenvalue weighted by molar-refractivity contribution is 7.99. The Labute approximate surface area is 83.2 Å². The second kappa shape index (κ2) is 4.33. The molecule has 0 spiro atoms. The number of esters is 1. The van der Waals surface area contributed by atoms with Crippen LogP contribution in [0.15, 0.2) is 0 Å². The second-order valence-electron chi connectivity index (χ2n) is 3.41. The molecule has 0 bridgehead atoms. The molecule has 1 atom stereocenters. The van der Waals surface area contributed by atoms with Gasteiger partial charge in [0.1, 0.15) is 0 Å². The monoisotopic (exact) mass is 204 g/mol. The minimum atomic E-state index is -0.724. The molecule has 3 nitrogen and oxygen atoms in total. The summed E-state index contributed by atoms with van der Waals surface area (Å²) in [6.45, 7) is 5.62. The van der Waals surface area contributed by atoms with Gasteiger partial charge in [0.15, 0.2) is 6.10 Å². The van der Waals surface area contributed by atoms with E-state index < -0.39 is 5.79 Å². The van der Waals surface area contributed by atoms with Gasteiger partial charge in [-0.2, -0.15) is 11.8 Å². The molecule has 0 unspecified atom stereocenters. The van der Waals surface area contributed by atoms with Gasteiger partial charge in [0.2, 0.25) is 5.79 Å². The summed E-state index contributed by atoms with van der Waals surface area (Å²) >= 11 is 1.81. The van der Waals surface area contributed by atoms with Gasteiger partial charge in [-0.1, -0.05) is 6.92 Å². The molecular formula is C9H16O3S. The molecule has 0 aromatic heterocycles. The molecule has 0 saturated carbocycles. The fourth-order valence-corrected chi connectivity index (χ4v) is 1.90. The lowest BCUT2D eigenvalue weighted by Gasteiger charge is -2.14. The maximum atomic E-state index is 11.2. The fraction of sp³-hybridized carbons (Fsp3) is 0.889. The van der Waals surface area contributed by atoms with Crippen molar-refractivity contribution >= 4 is 17.7 Å². The highest BCUT2D eigenvalue weighted by atomic mass is 32.2. The maximum absolute atomic E-state index is 11.2. The molecule has 0 aromatic carbocycles. The summed E-state index contributed by atoms with van der Waals surface area (Å²) in [6.07, 6.45) is 0.398. The molecule has 76 valence electrons. The minimum Gasteiger partial charge on any atom is -0.432 e. The summed E-state index contributed by atoms with van der Waals surface area (Å²) in [5.74, 6) is 1.08. The minimum absolute atomic E-state index is 0.221. The van der Waals surface area contributed by atoms with E-state index in [1.807, 2.05) is 11.8 Å². The molecule has 1 aliphatic rings. The zero-order chi connectivity index (χ0) is 9.90. The Morgan fingerprint density at radius 2 is 2.23 bits per heavy atom. The number of carbonyl (C=O) groups excluding carboxylic acids is 1. The Morgan fingerprint density at radius 1 is 1.54 bits per heavy atom. The molecule has 1 heterocycles. The molecule has 0 radical (unpaired) electrons. The fourth-order valence-electron chi connectivity index (χ4n) is 1.23. The van der Waals surface area contributed by atoms with E-state index in [0.717, 1.165) is 17.9 Å². The number of rotatable bonds is 4. The van der Waals surface area contributed by atoms with E-state index in [2.05, 4.69) is 6.92 Å². The van der Waals surface area contributed by atoms with Crippen molar-refractivity contribution in [2.75, 3.05) is 11.5 Å². The molecule has 0 N–H and O–H groups in total. The summed E-state index contributed by atoms with van der Waals surface area (Å²) in [5.41, 5.74) is 0. The van der Waals surface area contributed by atoms with Gasteiger partial charge >= 0.3 is 5.97 Å². The smallest absolute Gasteiger partial charge is 0.337 e. The first kappa shape index (κ1) is 10.9. The van der Waals surface area contributed by atoms with Crippen LogP contribution in [0.5, 0.6) is 0 Å². The average Bonchev–Trinajstić information content (AvgIpc) is 2.25. The molecule has 1 saturated heterocycles. The first-order valence-electron chi connectivity index (χ1n) is 4.53. The van der Waals surface area contributed by atoms with Gasteiger partial charge in [-0.05, 0) is 17.9 Å². The van der Waals surface area contributed by atoms with Gasteiger partial charge in [-0.25, -0.2) is 4.79 Å². The number of hydrogen-bond acceptors (Lipinski definition) is 4. The largest absolute Gasteiger partial charge is 0.432 e. The summed E-state index contributed by atoms with van der Waals surface area (Å²) in [4.78, 5) is 11.2. The lowest BCUT2D eigenvalue weighted by Crippen LogP contribution is -2.21. The van der Waals surface area contributed by atoms with Crippen molar-refractivity contribution in [1.82, 2.24) is 0 Å². The van der Waals surface area contributed by atoms with E-state index in [4.69, 9.17) is 9.47 Å². The second-order valence-corrected chi connectivity index (χ2v) is 4.81. The Hall–Kier alpha value is -0.220. The highest BCUT2D eigenvalue weighted by Crippen LogP contribution is 2.26. The van der Waals surface area contributed by atoms with Crippen molar-refractivity contribution in [2.24, 2.45) is 0 Å². The molecule has 13 heavy (non-hydrogen) atoms. The average molecular weight is 204 g/mol. The number of carbonyl (C=O) groups is 1. The molecule has 1 rings (SSSR count). The predicted octanol–water partition coefficient (Wildman–Crippen LogP) is 1.81. The third kappa shape index (κ3) is 3.19. The van der Waals surface area contributed by atoms with Crippen LogP contribution in [0.1, 0.15) is 27.2 Å². The number of thioether (sulfide) groups is 1. The van der Waals surface area contributed by atoms with Crippen molar-refractivity contribution in [3.63, 3.8) is 0 Å². The van der Waals surface area contributed by atoms with Crippen LogP contribution < -0.4 is 0 Å². The standard InChI is InChI=1S/C9H16O3S/c1-4-13-6-5-7-8(10)12-9(2,3)11-7/h7H,4-6H2,1-3H3/t7-/m1/s1. The van der Waals surface area contributed by atoms with E-state index in [1.165, 1.54) is 0 Å². The lowest BCUT2D eigenvalue weighted by molar-refractivity contribution is -0.160. The quantitative estimate of drug-likeness (QED) is 0.517. The van der Waals surface area contributed by atoms with Gasteiger partial charge in [-0.3, -0.25) is 0 Å². The van der Waals surface area contributed by atoms with Gasteiger partial charge < -0.3 is 9.47 Å². The van der Waals surface area contributed by atoms with Crippen LogP contribution in [0.3, 0.4) is 0 Å². The number of hydrogen-bond donors (Lipinski definition) is 0. The van der Waals surface area contributed by atoms with E-state index in [0.29, 0.717) is 0 Å². The van der Waals surface area contributed by atoms with Crippen molar-refractivity contribution in [3.05, 3.63) is 0 Å². The zero-order valence-corrected chi connectivity index (χ0v) is 9.15. The summed E-state index contributed by atoms with van der Waals surface area (Å²) in [5, 5.41) is 0. The topological polar surface area (TPSA) is 35.5 Å². The van der Waals surface area contributed by atoms with E-state index in [9.17, 15) is 4.79 Å². The normalized spacial score (nSPS) is 26.1. The lowest BCUT2D eigenvalue weighted by atomic mass is 10.3. The van der Waals surface area contributed by atoms with E-state index in [-0.39, 0.29) is 12.1 Å². The molecule has 0 aliphatic carbocycles. The van der Waals surface area contributed by atoms with Gasteiger partial charge in [0.05, 0.1) is 0 Å². The Morgan fingerprint density at radius 3 is 2.69 bits per heavy atom. The number of ether oxygens (including phenoxy) is 2. The van der Waals surface area contributed by atoms with Crippen LogP contribution in [-0.4, -0.2) is 29.4 Å². The van der Waals surface area contributed by atoms with Crippen LogP contribution in [0.2, 0.25) is 0 Å². The Kier molecular flexibility index (Phi) is 3.62. The summed E-state index contributed by atoms with van der Waals surface area (Å²) in [7, 11) is 0. The van der Waals surface area contributed by atoms with E-state index in [1.54, 1.807) is 13.8 Å². The van der Waals surface area contributed by atoms with Crippen molar-refractivity contribution in [1.29, 1.82) is 0 Å². The van der Waals surface area contributed by atoms with Crippen LogP contribution in [0.25, 0.3) is 0 Å².